The van der Waals surface area contributed by atoms with Crippen molar-refractivity contribution >= 4 is 22.1 Å². The molecule has 0 atom stereocenters. The Labute approximate surface area is 178 Å². The molecule has 1 heterocycles. The fourth-order valence-electron chi connectivity index (χ4n) is 3.24. The summed E-state index contributed by atoms with van der Waals surface area (Å²) in [5, 5.41) is 4.01. The van der Waals surface area contributed by atoms with Gasteiger partial charge in [-0.1, -0.05) is 48.9 Å². The van der Waals surface area contributed by atoms with E-state index in [1.165, 1.54) is 9.87 Å². The fourth-order valence-corrected chi connectivity index (χ4v) is 4.67. The average molecular weight is 429 g/mol. The molecule has 1 aliphatic heterocycles. The lowest BCUT2D eigenvalue weighted by atomic mass is 10.1. The Balaban J connectivity index is 1.46. The summed E-state index contributed by atoms with van der Waals surface area (Å²) >= 11 is 0. The van der Waals surface area contributed by atoms with Crippen LogP contribution < -0.4 is 5.43 Å². The number of rotatable bonds is 7. The third kappa shape index (κ3) is 5.75. The zero-order valence-corrected chi connectivity index (χ0v) is 18.2. The Morgan fingerprint density at radius 2 is 1.67 bits per heavy atom. The number of carbonyl (C=O) groups excluding carboxylic acids is 1. The SMILES string of the molecule is CCc1ccc(/C=N\NC(=O)CN2CCN(S(=O)(=O)c3ccc(C)cc3)CC2)cc1. The molecule has 1 aliphatic rings. The molecule has 3 rings (SSSR count). The van der Waals surface area contributed by atoms with Gasteiger partial charge in [0.1, 0.15) is 0 Å². The molecule has 0 aliphatic carbocycles. The first-order valence-corrected chi connectivity index (χ1v) is 11.5. The third-order valence-corrected chi connectivity index (χ3v) is 7.06. The van der Waals surface area contributed by atoms with Crippen molar-refractivity contribution in [2.24, 2.45) is 5.10 Å². The maximum Gasteiger partial charge on any atom is 0.254 e. The largest absolute Gasteiger partial charge is 0.292 e. The second kappa shape index (κ2) is 9.97. The van der Waals surface area contributed by atoms with Crippen molar-refractivity contribution in [3.63, 3.8) is 0 Å². The van der Waals surface area contributed by atoms with Crippen molar-refractivity contribution in [2.45, 2.75) is 25.2 Å². The number of hydrazone groups is 1. The fraction of sp³-hybridized carbons (Fsp3) is 0.364. The van der Waals surface area contributed by atoms with E-state index >= 15 is 0 Å². The standard InChI is InChI=1S/C22H28N4O3S/c1-3-19-6-8-20(9-7-19)16-23-24-22(27)17-25-12-14-26(15-13-25)30(28,29)21-10-4-18(2)5-11-21/h4-11,16H,3,12-15,17H2,1-2H3,(H,24,27)/b23-16-. The van der Waals surface area contributed by atoms with Gasteiger partial charge in [-0.25, -0.2) is 13.8 Å². The van der Waals surface area contributed by atoms with E-state index < -0.39 is 10.0 Å². The molecule has 7 nitrogen and oxygen atoms in total. The first-order valence-electron chi connectivity index (χ1n) is 10.1. The van der Waals surface area contributed by atoms with Gasteiger partial charge in [0.15, 0.2) is 0 Å². The van der Waals surface area contributed by atoms with Gasteiger partial charge in [0.2, 0.25) is 10.0 Å². The Hall–Kier alpha value is -2.55. The van der Waals surface area contributed by atoms with Gasteiger partial charge in [-0.2, -0.15) is 9.41 Å². The van der Waals surface area contributed by atoms with Gasteiger partial charge in [0, 0.05) is 26.2 Å². The normalized spacial score (nSPS) is 16.1. The maximum absolute atomic E-state index is 12.8. The number of benzene rings is 2. The van der Waals surface area contributed by atoms with E-state index in [4.69, 9.17) is 0 Å². The molecule has 30 heavy (non-hydrogen) atoms. The van der Waals surface area contributed by atoms with E-state index in [0.717, 1.165) is 17.5 Å². The van der Waals surface area contributed by atoms with Crippen LogP contribution in [0, 0.1) is 6.92 Å². The predicted octanol–water partition coefficient (Wildman–Crippen LogP) is 2.01. The van der Waals surface area contributed by atoms with Crippen LogP contribution in [0.4, 0.5) is 0 Å². The van der Waals surface area contributed by atoms with E-state index in [1.807, 2.05) is 36.1 Å². The number of aryl methyl sites for hydroxylation is 2. The zero-order chi connectivity index (χ0) is 21.6. The summed E-state index contributed by atoms with van der Waals surface area (Å²) in [6.45, 7) is 5.92. The van der Waals surface area contributed by atoms with Gasteiger partial charge in [-0.3, -0.25) is 9.69 Å². The molecule has 160 valence electrons. The maximum atomic E-state index is 12.8. The molecular weight excluding hydrogens is 400 g/mol. The van der Waals surface area contributed by atoms with Gasteiger partial charge < -0.3 is 0 Å². The van der Waals surface area contributed by atoms with Gasteiger partial charge in [-0.05, 0) is 36.6 Å². The molecule has 0 aromatic heterocycles. The first kappa shape index (κ1) is 22.1. The lowest BCUT2D eigenvalue weighted by Gasteiger charge is -2.33. The highest BCUT2D eigenvalue weighted by molar-refractivity contribution is 7.89. The van der Waals surface area contributed by atoms with Crippen molar-refractivity contribution in [2.75, 3.05) is 32.7 Å². The minimum absolute atomic E-state index is 0.185. The van der Waals surface area contributed by atoms with E-state index in [1.54, 1.807) is 30.5 Å². The van der Waals surface area contributed by atoms with Crippen molar-refractivity contribution in [3.05, 3.63) is 65.2 Å². The third-order valence-electron chi connectivity index (χ3n) is 5.15. The number of nitrogens with zero attached hydrogens (tertiary/aromatic N) is 3. The number of sulfonamides is 1. The Morgan fingerprint density at radius 1 is 1.03 bits per heavy atom. The first-order chi connectivity index (χ1) is 14.4. The van der Waals surface area contributed by atoms with Gasteiger partial charge >= 0.3 is 0 Å². The molecule has 2 aromatic carbocycles. The van der Waals surface area contributed by atoms with E-state index in [9.17, 15) is 13.2 Å². The highest BCUT2D eigenvalue weighted by atomic mass is 32.2. The zero-order valence-electron chi connectivity index (χ0n) is 17.4. The van der Waals surface area contributed by atoms with Gasteiger partial charge in [0.25, 0.3) is 5.91 Å². The van der Waals surface area contributed by atoms with Crippen LogP contribution in [0.15, 0.2) is 58.5 Å². The summed E-state index contributed by atoms with van der Waals surface area (Å²) in [5.41, 5.74) is 5.72. The minimum atomic E-state index is -3.50. The molecule has 0 spiro atoms. The monoisotopic (exact) mass is 428 g/mol. The topological polar surface area (TPSA) is 82.1 Å². The quantitative estimate of drug-likeness (QED) is 0.540. The van der Waals surface area contributed by atoms with E-state index in [-0.39, 0.29) is 12.5 Å². The summed E-state index contributed by atoms with van der Waals surface area (Å²) in [6.07, 6.45) is 2.59. The summed E-state index contributed by atoms with van der Waals surface area (Å²) in [6, 6.07) is 14.9. The average Bonchev–Trinajstić information content (AvgIpc) is 2.75. The molecule has 1 amide bonds. The molecule has 0 radical (unpaired) electrons. The van der Waals surface area contributed by atoms with Crippen molar-refractivity contribution < 1.29 is 13.2 Å². The lowest BCUT2D eigenvalue weighted by molar-refractivity contribution is -0.122. The summed E-state index contributed by atoms with van der Waals surface area (Å²) in [7, 11) is -3.50. The Bertz CT molecular complexity index is 978. The number of carbonyl (C=O) groups is 1. The number of hydrogen-bond acceptors (Lipinski definition) is 5. The van der Waals surface area contributed by atoms with Crippen molar-refractivity contribution in [1.29, 1.82) is 0 Å². The Kier molecular flexibility index (Phi) is 7.36. The smallest absolute Gasteiger partial charge is 0.254 e. The highest BCUT2D eigenvalue weighted by Gasteiger charge is 2.28. The highest BCUT2D eigenvalue weighted by Crippen LogP contribution is 2.18. The van der Waals surface area contributed by atoms with Crippen LogP contribution in [-0.2, 0) is 21.2 Å². The molecule has 8 heteroatoms. The van der Waals surface area contributed by atoms with Gasteiger partial charge in [0.05, 0.1) is 17.7 Å². The Morgan fingerprint density at radius 3 is 2.27 bits per heavy atom. The molecular formula is C22H28N4O3S. The molecule has 1 fully saturated rings. The predicted molar refractivity (Wildman–Crippen MR) is 118 cm³/mol. The van der Waals surface area contributed by atoms with Crippen molar-refractivity contribution in [3.8, 4) is 0 Å². The minimum Gasteiger partial charge on any atom is -0.292 e. The van der Waals surface area contributed by atoms with Gasteiger partial charge in [-0.15, -0.1) is 0 Å². The van der Waals surface area contributed by atoms with Crippen LogP contribution in [0.2, 0.25) is 0 Å². The number of nitrogens with one attached hydrogen (secondary N) is 1. The van der Waals surface area contributed by atoms with Crippen LogP contribution in [-0.4, -0.2) is 62.5 Å². The number of hydrogen-bond donors (Lipinski definition) is 1. The van der Waals surface area contributed by atoms with Crippen LogP contribution in [0.25, 0.3) is 0 Å². The second-order valence-corrected chi connectivity index (χ2v) is 9.32. The van der Waals surface area contributed by atoms with E-state index in [0.29, 0.717) is 31.1 Å². The molecule has 0 saturated carbocycles. The van der Waals surface area contributed by atoms with Crippen LogP contribution in [0.1, 0.15) is 23.6 Å². The van der Waals surface area contributed by atoms with Crippen LogP contribution >= 0.6 is 0 Å². The second-order valence-electron chi connectivity index (χ2n) is 7.38. The summed E-state index contributed by atoms with van der Waals surface area (Å²) < 4.78 is 27.0. The summed E-state index contributed by atoms with van der Waals surface area (Å²) in [4.78, 5) is 14.4. The number of piperazine rings is 1. The van der Waals surface area contributed by atoms with Crippen molar-refractivity contribution in [1.82, 2.24) is 14.6 Å². The number of amides is 1. The molecule has 2 aromatic rings. The van der Waals surface area contributed by atoms with E-state index in [2.05, 4.69) is 17.5 Å². The molecule has 1 N–H and O–H groups in total. The van der Waals surface area contributed by atoms with Crippen LogP contribution in [0.5, 0.6) is 0 Å². The summed E-state index contributed by atoms with van der Waals surface area (Å²) in [5.74, 6) is -0.216. The lowest BCUT2D eigenvalue weighted by Crippen LogP contribution is -2.50. The van der Waals surface area contributed by atoms with Crippen LogP contribution in [0.3, 0.4) is 0 Å². The molecule has 1 saturated heterocycles. The molecule has 0 unspecified atom stereocenters. The molecule has 0 bridgehead atoms.